The van der Waals surface area contributed by atoms with Crippen LogP contribution in [0.4, 0.5) is 0 Å². The Morgan fingerprint density at radius 1 is 1.44 bits per heavy atom. The molecule has 1 aliphatic heterocycles. The van der Waals surface area contributed by atoms with Gasteiger partial charge in [-0.25, -0.2) is 4.99 Å². The molecule has 2 heterocycles. The number of rotatable bonds is 6. The number of amides is 1. The topological polar surface area (TPSA) is 83.8 Å². The van der Waals surface area contributed by atoms with Gasteiger partial charge >= 0.3 is 0 Å². The summed E-state index contributed by atoms with van der Waals surface area (Å²) in [6, 6.07) is 0. The van der Waals surface area contributed by atoms with E-state index in [1.165, 1.54) is 0 Å². The normalized spacial score (nSPS) is 17.8. The van der Waals surface area contributed by atoms with E-state index < -0.39 is 0 Å². The number of aliphatic imine (C=N–C) groups is 1. The largest absolute Gasteiger partial charge is 0.370 e. The lowest BCUT2D eigenvalue weighted by atomic mass is 10.1. The zero-order valence-corrected chi connectivity index (χ0v) is 17.5. The first kappa shape index (κ1) is 21.7. The van der Waals surface area contributed by atoms with Gasteiger partial charge in [-0.3, -0.25) is 9.48 Å². The van der Waals surface area contributed by atoms with Crippen LogP contribution in [0, 0.1) is 0 Å². The van der Waals surface area contributed by atoms with Crippen LogP contribution >= 0.6 is 24.0 Å². The first-order chi connectivity index (χ1) is 11.6. The predicted octanol–water partition coefficient (Wildman–Crippen LogP) is 0.903. The maximum Gasteiger partial charge on any atom is 0.241 e. The Hall–Kier alpha value is -1.36. The second-order valence-electron chi connectivity index (χ2n) is 5.77. The smallest absolute Gasteiger partial charge is 0.241 e. The van der Waals surface area contributed by atoms with Gasteiger partial charge < -0.3 is 20.3 Å². The summed E-state index contributed by atoms with van der Waals surface area (Å²) in [6.07, 6.45) is 4.68. The number of nitrogens with one attached hydrogen (secondary N) is 2. The number of aryl methyl sites for hydroxylation is 1. The fourth-order valence-corrected chi connectivity index (χ4v) is 2.54. The zero-order chi connectivity index (χ0) is 17.4. The molecule has 0 aliphatic carbocycles. The third-order valence-electron chi connectivity index (χ3n) is 3.74. The molecule has 0 radical (unpaired) electrons. The Balaban J connectivity index is 0.00000312. The van der Waals surface area contributed by atoms with Crippen LogP contribution in [-0.4, -0.2) is 65.9 Å². The van der Waals surface area contributed by atoms with Crippen molar-refractivity contribution in [2.24, 2.45) is 12.0 Å². The van der Waals surface area contributed by atoms with E-state index in [1.807, 2.05) is 33.3 Å². The molecule has 1 amide bonds. The van der Waals surface area contributed by atoms with Crippen molar-refractivity contribution in [1.82, 2.24) is 25.3 Å². The van der Waals surface area contributed by atoms with Crippen LogP contribution in [-0.2, 0) is 16.6 Å². The molecule has 1 saturated heterocycles. The van der Waals surface area contributed by atoms with Crippen LogP contribution in [0.25, 0.3) is 0 Å². The van der Waals surface area contributed by atoms with E-state index in [2.05, 4.69) is 25.6 Å². The minimum absolute atomic E-state index is 0. The monoisotopic (exact) mass is 464 g/mol. The molecule has 2 N–H and O–H groups in total. The molecule has 9 heteroatoms. The minimum atomic E-state index is -0.0516. The van der Waals surface area contributed by atoms with Crippen LogP contribution < -0.4 is 10.6 Å². The average Bonchev–Trinajstić information content (AvgIpc) is 3.03. The Morgan fingerprint density at radius 3 is 2.88 bits per heavy atom. The lowest BCUT2D eigenvalue weighted by Crippen LogP contribution is -2.48. The molecule has 0 aromatic carbocycles. The quantitative estimate of drug-likeness (QED) is 0.372. The summed E-state index contributed by atoms with van der Waals surface area (Å²) in [7, 11) is 1.89. The van der Waals surface area contributed by atoms with E-state index in [0.717, 1.165) is 31.0 Å². The first-order valence-corrected chi connectivity index (χ1v) is 8.54. The van der Waals surface area contributed by atoms with Crippen molar-refractivity contribution in [3.8, 4) is 0 Å². The maximum absolute atomic E-state index is 11.8. The third kappa shape index (κ3) is 6.81. The highest BCUT2D eigenvalue weighted by Crippen LogP contribution is 2.21. The van der Waals surface area contributed by atoms with Crippen molar-refractivity contribution in [2.45, 2.75) is 26.4 Å². The van der Waals surface area contributed by atoms with Crippen LogP contribution in [0.1, 0.15) is 31.9 Å². The Morgan fingerprint density at radius 2 is 2.24 bits per heavy atom. The number of carbonyl (C=O) groups is 1. The molecule has 1 aromatic heterocycles. The number of guanidine groups is 1. The van der Waals surface area contributed by atoms with Crippen molar-refractivity contribution < 1.29 is 9.53 Å². The van der Waals surface area contributed by atoms with Crippen molar-refractivity contribution in [1.29, 1.82) is 0 Å². The number of ether oxygens (including phenoxy) is 1. The summed E-state index contributed by atoms with van der Waals surface area (Å²) in [5.41, 5.74) is 1.05. The molecule has 2 rings (SSSR count). The summed E-state index contributed by atoms with van der Waals surface area (Å²) < 4.78 is 7.63. The number of halogens is 1. The highest BCUT2D eigenvalue weighted by Gasteiger charge is 2.25. The van der Waals surface area contributed by atoms with Crippen LogP contribution in [0.3, 0.4) is 0 Å². The van der Waals surface area contributed by atoms with Crippen LogP contribution in [0.5, 0.6) is 0 Å². The van der Waals surface area contributed by atoms with E-state index in [1.54, 1.807) is 4.68 Å². The van der Waals surface area contributed by atoms with Gasteiger partial charge in [0.2, 0.25) is 5.91 Å². The van der Waals surface area contributed by atoms with Gasteiger partial charge in [0.05, 0.1) is 19.3 Å². The van der Waals surface area contributed by atoms with Gasteiger partial charge in [0.1, 0.15) is 12.6 Å². The second kappa shape index (κ2) is 11.3. The number of hydrogen-bond donors (Lipinski definition) is 2. The molecule has 1 fully saturated rings. The van der Waals surface area contributed by atoms with Crippen molar-refractivity contribution in [3.05, 3.63) is 18.0 Å². The summed E-state index contributed by atoms with van der Waals surface area (Å²) in [5.74, 6) is 0.700. The van der Waals surface area contributed by atoms with E-state index in [9.17, 15) is 4.79 Å². The van der Waals surface area contributed by atoms with Crippen molar-refractivity contribution in [3.63, 3.8) is 0 Å². The summed E-state index contributed by atoms with van der Waals surface area (Å²) in [5, 5.41) is 10.3. The van der Waals surface area contributed by atoms with Crippen molar-refractivity contribution in [2.75, 3.05) is 39.3 Å². The molecule has 8 nitrogen and oxygen atoms in total. The summed E-state index contributed by atoms with van der Waals surface area (Å²) in [6.45, 7) is 7.68. The number of hydrogen-bond acceptors (Lipinski definition) is 4. The molecule has 0 bridgehead atoms. The number of morpholine rings is 1. The minimum Gasteiger partial charge on any atom is -0.370 e. The number of carbonyl (C=O) groups excluding carboxylic acids is 1. The highest BCUT2D eigenvalue weighted by atomic mass is 127. The van der Waals surface area contributed by atoms with Gasteiger partial charge in [-0.2, -0.15) is 5.10 Å². The SMILES string of the molecule is CCCNC(=O)CN=C(NCC)N1CCOC(c2cnn(C)c2)C1.I. The van der Waals surface area contributed by atoms with Crippen LogP contribution in [0.15, 0.2) is 17.4 Å². The summed E-state index contributed by atoms with van der Waals surface area (Å²) in [4.78, 5) is 18.4. The molecule has 0 saturated carbocycles. The molecule has 142 valence electrons. The van der Waals surface area contributed by atoms with E-state index in [-0.39, 0.29) is 42.5 Å². The Labute approximate surface area is 166 Å². The maximum atomic E-state index is 11.8. The Kier molecular flexibility index (Phi) is 9.79. The Bertz CT molecular complexity index is 563. The molecule has 1 aliphatic rings. The lowest BCUT2D eigenvalue weighted by Gasteiger charge is -2.34. The third-order valence-corrected chi connectivity index (χ3v) is 3.74. The zero-order valence-electron chi connectivity index (χ0n) is 15.2. The van der Waals surface area contributed by atoms with Gasteiger partial charge in [-0.15, -0.1) is 24.0 Å². The molecule has 0 spiro atoms. The summed E-state index contributed by atoms with van der Waals surface area (Å²) >= 11 is 0. The lowest BCUT2D eigenvalue weighted by molar-refractivity contribution is -0.119. The molecule has 1 unspecified atom stereocenters. The average molecular weight is 464 g/mol. The first-order valence-electron chi connectivity index (χ1n) is 8.54. The fraction of sp³-hybridized carbons (Fsp3) is 0.688. The molecule has 1 atom stereocenters. The highest BCUT2D eigenvalue weighted by molar-refractivity contribution is 14.0. The van der Waals surface area contributed by atoms with Gasteiger partial charge in [0.15, 0.2) is 5.96 Å². The van der Waals surface area contributed by atoms with Gasteiger partial charge in [0, 0.05) is 38.4 Å². The molecule has 25 heavy (non-hydrogen) atoms. The molecule has 1 aromatic rings. The predicted molar refractivity (Wildman–Crippen MR) is 108 cm³/mol. The number of aromatic nitrogens is 2. The van der Waals surface area contributed by atoms with Gasteiger partial charge in [-0.1, -0.05) is 6.92 Å². The molecular weight excluding hydrogens is 435 g/mol. The van der Waals surface area contributed by atoms with Gasteiger partial charge in [0.25, 0.3) is 0 Å². The van der Waals surface area contributed by atoms with Crippen molar-refractivity contribution >= 4 is 35.8 Å². The number of nitrogens with zero attached hydrogens (tertiary/aromatic N) is 4. The van der Waals surface area contributed by atoms with Gasteiger partial charge in [-0.05, 0) is 13.3 Å². The second-order valence-corrected chi connectivity index (χ2v) is 5.77. The van der Waals surface area contributed by atoms with E-state index in [0.29, 0.717) is 19.7 Å². The standard InChI is InChI=1S/C16H28N6O2.HI/c1-4-6-18-15(23)10-19-16(17-5-2)22-7-8-24-14(12-22)13-9-20-21(3)11-13;/h9,11,14H,4-8,10,12H2,1-3H3,(H,17,19)(H,18,23);1H. The van der Waals surface area contributed by atoms with E-state index >= 15 is 0 Å². The molecular formula is C16H29IN6O2. The fourth-order valence-electron chi connectivity index (χ4n) is 2.54. The van der Waals surface area contributed by atoms with Crippen LogP contribution in [0.2, 0.25) is 0 Å². The van der Waals surface area contributed by atoms with E-state index in [4.69, 9.17) is 4.74 Å².